The predicted molar refractivity (Wildman–Crippen MR) is 165 cm³/mol. The zero-order valence-electron chi connectivity index (χ0n) is 21.3. The Hall–Kier alpha value is -2.20. The smallest absolute Gasteiger partial charge is 0.338 e. The van der Waals surface area contributed by atoms with E-state index in [1.54, 1.807) is 22.7 Å². The van der Waals surface area contributed by atoms with Crippen LogP contribution in [0.5, 0.6) is 0 Å². The molecule has 0 aliphatic heterocycles. The molecule has 0 amide bonds. The molecule has 0 aliphatic carbocycles. The van der Waals surface area contributed by atoms with Crippen LogP contribution in [0, 0.1) is 13.8 Å². The Balaban J connectivity index is -0.000000120. The van der Waals surface area contributed by atoms with Crippen LogP contribution in [0.4, 0.5) is 21.6 Å². The third-order valence-corrected chi connectivity index (χ3v) is 6.08. The van der Waals surface area contributed by atoms with Gasteiger partial charge in [0.1, 0.15) is 11.4 Å². The number of para-hydroxylation sites is 2. The summed E-state index contributed by atoms with van der Waals surface area (Å²) in [6, 6.07) is 19.7. The Morgan fingerprint density at radius 3 is 1.10 bits per heavy atom. The summed E-state index contributed by atoms with van der Waals surface area (Å²) < 4.78 is 0. The maximum atomic E-state index is 5.19. The molecule has 0 saturated heterocycles. The number of hydrogen-bond donors (Lipinski definition) is 4. The number of aromatic amines is 2. The fourth-order valence-electron chi connectivity index (χ4n) is 2.47. The summed E-state index contributed by atoms with van der Waals surface area (Å²) >= 11 is 13.6. The average molecular weight is 769 g/mol. The third kappa shape index (κ3) is 19.0. The topological polar surface area (TPSA) is 265 Å². The fourth-order valence-corrected chi connectivity index (χ4v) is 4.50. The number of aryl methyl sites for hydroxylation is 2. The maximum absolute atomic E-state index is 5.19. The first-order chi connectivity index (χ1) is 15.5. The van der Waals surface area contributed by atoms with E-state index in [0.29, 0.717) is 10.2 Å². The van der Waals surface area contributed by atoms with Gasteiger partial charge < -0.3 is 77.5 Å². The van der Waals surface area contributed by atoms with Crippen LogP contribution in [0.2, 0.25) is 0 Å². The number of thiazole rings is 2. The zero-order valence-corrected chi connectivity index (χ0v) is 27.8. The van der Waals surface area contributed by atoms with Gasteiger partial charge in [-0.2, -0.15) is 0 Å². The van der Waals surface area contributed by atoms with E-state index in [2.05, 4.69) is 31.2 Å². The van der Waals surface area contributed by atoms with Crippen molar-refractivity contribution < 1.29 is 76.8 Å². The molecule has 2 aromatic heterocycles. The number of anilines is 4. The van der Waals surface area contributed by atoms with E-state index >= 15 is 0 Å². The quantitative estimate of drug-likeness (QED) is 0.147. The molecule has 0 saturated carbocycles. The Labute approximate surface area is 272 Å². The SMILES string of the molecule is Cc1csc(NC(=S)Nc2ccccc2)[nH+]1.Cc1csc(NC(=S)Nc2ccccc2)[nH+]1.O.O.O.O.O.O.[Br-].[Br-]. The average Bonchev–Trinajstić information content (AvgIpc) is 3.37. The van der Waals surface area contributed by atoms with Gasteiger partial charge in [0.2, 0.25) is 0 Å². The number of H-pyrrole nitrogens is 2. The number of hydrogen-bond acceptors (Lipinski definition) is 4. The van der Waals surface area contributed by atoms with E-state index in [0.717, 1.165) is 33.0 Å². The summed E-state index contributed by atoms with van der Waals surface area (Å²) in [6.45, 7) is 4.02. The molecule has 0 bridgehead atoms. The summed E-state index contributed by atoms with van der Waals surface area (Å²) in [5.41, 5.74) is 4.20. The standard InChI is InChI=1S/2C11H11N3S2.2BrH.6H2O/c2*1-8-7-16-11(12-8)14-10(15)13-9-5-3-2-4-6-9;;;;;;;;/h2*2-7H,1H3,(H2,12,13,14,15);2*1H;6*1H2. The second-order valence-corrected chi connectivity index (χ2v) is 9.21. The first-order valence-electron chi connectivity index (χ1n) is 9.69. The van der Waals surface area contributed by atoms with E-state index in [-0.39, 0.29) is 66.8 Å². The van der Waals surface area contributed by atoms with Crippen molar-refractivity contribution in [3.63, 3.8) is 0 Å². The van der Waals surface area contributed by atoms with Gasteiger partial charge in [0.25, 0.3) is 10.2 Å². The Kier molecular flexibility index (Phi) is 34.2. The van der Waals surface area contributed by atoms with Gasteiger partial charge in [-0.05, 0) is 62.5 Å². The second kappa shape index (κ2) is 27.0. The van der Waals surface area contributed by atoms with Crippen molar-refractivity contribution in [3.8, 4) is 0 Å². The number of aromatic nitrogens is 2. The maximum Gasteiger partial charge on any atom is 0.338 e. The molecule has 4 rings (SSSR count). The van der Waals surface area contributed by atoms with Gasteiger partial charge in [-0.15, -0.1) is 0 Å². The molecule has 228 valence electrons. The lowest BCUT2D eigenvalue weighted by Gasteiger charge is -2.02. The van der Waals surface area contributed by atoms with Gasteiger partial charge in [-0.1, -0.05) is 59.1 Å². The molecule has 0 aliphatic rings. The highest BCUT2D eigenvalue weighted by Gasteiger charge is 2.09. The number of thiocarbonyl (C=S) groups is 2. The Bertz CT molecular complexity index is 1090. The highest BCUT2D eigenvalue weighted by Crippen LogP contribution is 2.12. The van der Waals surface area contributed by atoms with Crippen molar-refractivity contribution in [1.29, 1.82) is 0 Å². The van der Waals surface area contributed by atoms with E-state index in [4.69, 9.17) is 24.4 Å². The van der Waals surface area contributed by atoms with Crippen LogP contribution in [-0.4, -0.2) is 43.1 Å². The molecule has 0 radical (unpaired) electrons. The van der Waals surface area contributed by atoms with Crippen molar-refractivity contribution in [3.05, 3.63) is 82.8 Å². The molecule has 0 atom stereocenters. The molecule has 0 fully saturated rings. The molecule has 18 heteroatoms. The van der Waals surface area contributed by atoms with Crippen LogP contribution in [-0.2, 0) is 0 Å². The van der Waals surface area contributed by atoms with Gasteiger partial charge in [-0.3, -0.25) is 0 Å². The number of benzene rings is 2. The monoisotopic (exact) mass is 766 g/mol. The summed E-state index contributed by atoms with van der Waals surface area (Å²) in [6.07, 6.45) is 0. The molecule has 0 spiro atoms. The van der Waals surface area contributed by atoms with E-state index in [1.165, 1.54) is 0 Å². The number of rotatable bonds is 4. The zero-order chi connectivity index (χ0) is 22.8. The Morgan fingerprint density at radius 2 is 0.850 bits per heavy atom. The van der Waals surface area contributed by atoms with Crippen molar-refractivity contribution in [2.75, 3.05) is 21.3 Å². The third-order valence-electron chi connectivity index (χ3n) is 3.85. The van der Waals surface area contributed by atoms with Crippen LogP contribution in [0.25, 0.3) is 0 Å². The number of halogens is 2. The van der Waals surface area contributed by atoms with Crippen LogP contribution in [0.15, 0.2) is 71.4 Å². The molecule has 40 heavy (non-hydrogen) atoms. The lowest BCUT2D eigenvalue weighted by Crippen LogP contribution is -3.00. The van der Waals surface area contributed by atoms with Gasteiger partial charge in [0, 0.05) is 22.1 Å². The number of nitrogens with one attached hydrogen (secondary N) is 6. The molecule has 2 aromatic carbocycles. The van der Waals surface area contributed by atoms with Crippen LogP contribution >= 0.6 is 47.1 Å². The molecular weight excluding hydrogens is 732 g/mol. The van der Waals surface area contributed by atoms with Crippen molar-refractivity contribution in [1.82, 2.24) is 0 Å². The lowest BCUT2D eigenvalue weighted by atomic mass is 10.3. The minimum Gasteiger partial charge on any atom is -1.00 e. The van der Waals surface area contributed by atoms with E-state index in [9.17, 15) is 0 Å². The van der Waals surface area contributed by atoms with Crippen LogP contribution in [0.3, 0.4) is 0 Å². The molecule has 2 heterocycles. The highest BCUT2D eigenvalue weighted by molar-refractivity contribution is 7.81. The second-order valence-electron chi connectivity index (χ2n) is 6.64. The lowest BCUT2D eigenvalue weighted by molar-refractivity contribution is -0.364. The first kappa shape index (κ1) is 50.6. The van der Waals surface area contributed by atoms with Crippen molar-refractivity contribution in [2.24, 2.45) is 0 Å². The molecule has 0 unspecified atom stereocenters. The highest BCUT2D eigenvalue weighted by atomic mass is 79.9. The van der Waals surface area contributed by atoms with Gasteiger partial charge in [0.15, 0.2) is 0 Å². The minimum absolute atomic E-state index is 0. The van der Waals surface area contributed by atoms with Crippen LogP contribution in [0.1, 0.15) is 11.4 Å². The normalized spacial score (nSPS) is 7.85. The van der Waals surface area contributed by atoms with E-state index in [1.807, 2.05) is 85.3 Å². The van der Waals surface area contributed by atoms with Gasteiger partial charge >= 0.3 is 10.3 Å². The molecule has 18 N–H and O–H groups in total. The Morgan fingerprint density at radius 1 is 0.550 bits per heavy atom. The van der Waals surface area contributed by atoms with Gasteiger partial charge in [0.05, 0.1) is 0 Å². The fraction of sp³-hybridized carbons (Fsp3) is 0.0909. The predicted octanol–water partition coefficient (Wildman–Crippen LogP) is -5.58. The van der Waals surface area contributed by atoms with Gasteiger partial charge in [-0.25, -0.2) is 20.6 Å². The van der Waals surface area contributed by atoms with Crippen LogP contribution < -0.4 is 65.2 Å². The summed E-state index contributed by atoms with van der Waals surface area (Å²) in [7, 11) is 0. The minimum atomic E-state index is 0. The van der Waals surface area contributed by atoms with Crippen molar-refractivity contribution in [2.45, 2.75) is 13.8 Å². The first-order valence-corrected chi connectivity index (χ1v) is 12.3. The van der Waals surface area contributed by atoms with Crippen molar-refractivity contribution >= 4 is 79.0 Å². The summed E-state index contributed by atoms with van der Waals surface area (Å²) in [5, 5.41) is 19.5. The molecular formula is C22H36Br2N6O6S4. The largest absolute Gasteiger partial charge is 1.00 e. The summed E-state index contributed by atoms with van der Waals surface area (Å²) in [4.78, 5) is 6.35. The molecule has 4 aromatic rings. The summed E-state index contributed by atoms with van der Waals surface area (Å²) in [5.74, 6) is 0. The van der Waals surface area contributed by atoms with E-state index < -0.39 is 0 Å². The molecule has 12 nitrogen and oxygen atoms in total.